The van der Waals surface area contributed by atoms with Crippen LogP contribution in [0.4, 0.5) is 0 Å². The highest BCUT2D eigenvalue weighted by Gasteiger charge is 2.44. The third-order valence-electron chi connectivity index (χ3n) is 6.14. The van der Waals surface area contributed by atoms with Crippen molar-refractivity contribution >= 4 is 0 Å². The molecule has 1 fully saturated rings. The molecule has 138 valence electrons. The minimum Gasteiger partial charge on any atom is -0.293 e. The van der Waals surface area contributed by atoms with Gasteiger partial charge < -0.3 is 0 Å². The van der Waals surface area contributed by atoms with Crippen molar-refractivity contribution in [2.75, 3.05) is 0 Å². The molecular formula is C24H31NO. The van der Waals surface area contributed by atoms with E-state index in [9.17, 15) is 0 Å². The summed E-state index contributed by atoms with van der Waals surface area (Å²) in [5.41, 5.74) is 9.23. The largest absolute Gasteiger partial charge is 0.293 e. The highest BCUT2D eigenvalue weighted by molar-refractivity contribution is 5.43. The monoisotopic (exact) mass is 349 g/mol. The lowest BCUT2D eigenvalue weighted by Crippen LogP contribution is -2.32. The molecule has 4 atom stereocenters. The Morgan fingerprint density at radius 2 is 1.58 bits per heavy atom. The summed E-state index contributed by atoms with van der Waals surface area (Å²) >= 11 is 0. The van der Waals surface area contributed by atoms with E-state index in [1.807, 2.05) is 0 Å². The zero-order valence-electron chi connectivity index (χ0n) is 16.4. The van der Waals surface area contributed by atoms with E-state index in [1.165, 1.54) is 28.7 Å². The molecule has 26 heavy (non-hydrogen) atoms. The fraction of sp³-hybridized carbons (Fsp3) is 0.500. The van der Waals surface area contributed by atoms with E-state index in [1.54, 1.807) is 0 Å². The van der Waals surface area contributed by atoms with Gasteiger partial charge in [0.15, 0.2) is 0 Å². The van der Waals surface area contributed by atoms with Crippen molar-refractivity contribution in [2.45, 2.75) is 64.5 Å². The summed E-state index contributed by atoms with van der Waals surface area (Å²) in [6.07, 6.45) is 2.42. The second-order valence-electron chi connectivity index (χ2n) is 8.81. The lowest BCUT2D eigenvalue weighted by Gasteiger charge is -2.33. The van der Waals surface area contributed by atoms with Gasteiger partial charge in [0.1, 0.15) is 6.10 Å². The van der Waals surface area contributed by atoms with Crippen LogP contribution in [-0.4, -0.2) is 6.04 Å². The lowest BCUT2D eigenvalue weighted by atomic mass is 9.71. The molecule has 4 unspecified atom stereocenters. The van der Waals surface area contributed by atoms with Gasteiger partial charge in [0, 0.05) is 12.0 Å². The molecule has 2 aliphatic rings. The van der Waals surface area contributed by atoms with E-state index < -0.39 is 0 Å². The van der Waals surface area contributed by atoms with Crippen molar-refractivity contribution in [1.29, 1.82) is 0 Å². The molecule has 4 rings (SSSR count). The van der Waals surface area contributed by atoms with Crippen molar-refractivity contribution < 1.29 is 4.84 Å². The van der Waals surface area contributed by atoms with E-state index in [2.05, 4.69) is 81.7 Å². The molecule has 0 radical (unpaired) electrons. The fourth-order valence-electron chi connectivity index (χ4n) is 4.99. The lowest BCUT2D eigenvalue weighted by molar-refractivity contribution is 0.0188. The maximum atomic E-state index is 6.22. The van der Waals surface area contributed by atoms with Crippen molar-refractivity contribution in [1.82, 2.24) is 5.48 Å². The maximum absolute atomic E-state index is 6.22. The normalized spacial score (nSPS) is 27.6. The van der Waals surface area contributed by atoms with E-state index >= 15 is 0 Å². The van der Waals surface area contributed by atoms with Crippen molar-refractivity contribution in [2.24, 2.45) is 11.8 Å². The van der Waals surface area contributed by atoms with Crippen LogP contribution in [0.25, 0.3) is 0 Å². The van der Waals surface area contributed by atoms with E-state index in [0.717, 1.165) is 6.42 Å². The fourth-order valence-corrected chi connectivity index (χ4v) is 4.99. The zero-order valence-corrected chi connectivity index (χ0v) is 16.4. The Morgan fingerprint density at radius 3 is 2.27 bits per heavy atom. The summed E-state index contributed by atoms with van der Waals surface area (Å²) in [7, 11) is 0. The Morgan fingerprint density at radius 1 is 0.923 bits per heavy atom. The van der Waals surface area contributed by atoms with E-state index in [0.29, 0.717) is 29.7 Å². The Labute approximate surface area is 157 Å². The molecule has 1 aliphatic carbocycles. The molecule has 2 heteroatoms. The molecule has 0 bridgehead atoms. The number of benzene rings is 2. The summed E-state index contributed by atoms with van der Waals surface area (Å²) < 4.78 is 0. The molecule has 1 N–H and O–H groups in total. The second-order valence-corrected chi connectivity index (χ2v) is 8.81. The molecule has 2 aromatic carbocycles. The molecule has 0 saturated carbocycles. The van der Waals surface area contributed by atoms with Gasteiger partial charge in [-0.25, -0.2) is 0 Å². The van der Waals surface area contributed by atoms with Crippen LogP contribution in [0.1, 0.15) is 74.3 Å². The first-order valence-electron chi connectivity index (χ1n) is 10.1. The summed E-state index contributed by atoms with van der Waals surface area (Å²) in [5.74, 6) is 2.14. The summed E-state index contributed by atoms with van der Waals surface area (Å²) in [4.78, 5) is 6.22. The van der Waals surface area contributed by atoms with Crippen molar-refractivity contribution in [3.8, 4) is 0 Å². The van der Waals surface area contributed by atoms with Gasteiger partial charge in [-0.15, -0.1) is 0 Å². The minimum absolute atomic E-state index is 0.0970. The third-order valence-corrected chi connectivity index (χ3v) is 6.14. The number of hydrogen-bond acceptors (Lipinski definition) is 2. The minimum atomic E-state index is 0.0970. The van der Waals surface area contributed by atoms with Gasteiger partial charge in [0.2, 0.25) is 0 Å². The topological polar surface area (TPSA) is 21.3 Å². The highest BCUT2D eigenvalue weighted by Crippen LogP contribution is 2.49. The van der Waals surface area contributed by atoms with Crippen LogP contribution in [0.3, 0.4) is 0 Å². The zero-order chi connectivity index (χ0) is 18.3. The summed E-state index contributed by atoms with van der Waals surface area (Å²) in [6.45, 7) is 9.27. The molecule has 0 aromatic heterocycles. The molecule has 2 nitrogen and oxygen atoms in total. The van der Waals surface area contributed by atoms with Gasteiger partial charge >= 0.3 is 0 Å². The Kier molecular flexibility index (Phi) is 4.90. The highest BCUT2D eigenvalue weighted by atomic mass is 16.7. The summed E-state index contributed by atoms with van der Waals surface area (Å²) in [6, 6.07) is 18.4. The average molecular weight is 350 g/mol. The van der Waals surface area contributed by atoms with Gasteiger partial charge in [0.05, 0.1) is 0 Å². The van der Waals surface area contributed by atoms with E-state index in [-0.39, 0.29) is 6.10 Å². The molecule has 1 aliphatic heterocycles. The Hall–Kier alpha value is -1.64. The molecule has 1 heterocycles. The molecule has 0 amide bonds. The SMILES string of the molecule is CC(C)CC1Cc2ccccc2C2ONC(C(C)C)C2c2ccccc21. The molecule has 0 spiro atoms. The van der Waals surface area contributed by atoms with Crippen molar-refractivity contribution in [3.63, 3.8) is 0 Å². The predicted octanol–water partition coefficient (Wildman–Crippen LogP) is 5.76. The molecule has 1 saturated heterocycles. The van der Waals surface area contributed by atoms with Crippen molar-refractivity contribution in [3.05, 3.63) is 70.8 Å². The van der Waals surface area contributed by atoms with Gasteiger partial charge in [-0.05, 0) is 52.8 Å². The Bertz CT molecular complexity index is 766. The summed E-state index contributed by atoms with van der Waals surface area (Å²) in [5, 5.41) is 0. The Balaban J connectivity index is 1.89. The first-order chi connectivity index (χ1) is 12.6. The first-order valence-corrected chi connectivity index (χ1v) is 10.1. The van der Waals surface area contributed by atoms with Crippen LogP contribution in [-0.2, 0) is 11.3 Å². The molecule has 2 aromatic rings. The number of nitrogens with one attached hydrogen (secondary N) is 1. The average Bonchev–Trinajstić information content (AvgIpc) is 3.05. The van der Waals surface area contributed by atoms with Crippen LogP contribution in [0.2, 0.25) is 0 Å². The van der Waals surface area contributed by atoms with Crippen LogP contribution in [0, 0.1) is 11.8 Å². The maximum Gasteiger partial charge on any atom is 0.113 e. The van der Waals surface area contributed by atoms with Crippen LogP contribution in [0.15, 0.2) is 48.5 Å². The number of rotatable bonds is 3. The van der Waals surface area contributed by atoms with Gasteiger partial charge in [0.25, 0.3) is 0 Å². The standard InChI is InChI=1S/C24H31NO/c1-15(2)13-18-14-17-9-5-6-11-20(17)24-22(23(16(3)4)25-26-24)21-12-8-7-10-19(18)21/h5-12,15-16,18,22-25H,13-14H2,1-4H3. The van der Waals surface area contributed by atoms with E-state index in [4.69, 9.17) is 4.84 Å². The number of fused-ring (bicyclic) bond motifs is 5. The van der Waals surface area contributed by atoms with Gasteiger partial charge in [-0.3, -0.25) is 4.84 Å². The third kappa shape index (κ3) is 3.10. The molecular weight excluding hydrogens is 318 g/mol. The van der Waals surface area contributed by atoms with Crippen LogP contribution >= 0.6 is 0 Å². The number of hydroxylamine groups is 1. The first kappa shape index (κ1) is 17.8. The van der Waals surface area contributed by atoms with Gasteiger partial charge in [-0.2, -0.15) is 5.48 Å². The van der Waals surface area contributed by atoms with Crippen LogP contribution in [0.5, 0.6) is 0 Å². The quantitative estimate of drug-likeness (QED) is 0.761. The van der Waals surface area contributed by atoms with Gasteiger partial charge in [-0.1, -0.05) is 76.2 Å². The smallest absolute Gasteiger partial charge is 0.113 e. The second kappa shape index (κ2) is 7.17. The predicted molar refractivity (Wildman–Crippen MR) is 107 cm³/mol. The van der Waals surface area contributed by atoms with Crippen LogP contribution < -0.4 is 5.48 Å². The number of hydrogen-bond donors (Lipinski definition) is 1.